The molecule has 0 aliphatic heterocycles. The van der Waals surface area contributed by atoms with E-state index in [1.165, 1.54) is 10.1 Å². The third-order valence-corrected chi connectivity index (χ3v) is 4.18. The molecule has 0 spiro atoms. The largest absolute Gasteiger partial charge is 0.374 e. The molecule has 21 heavy (non-hydrogen) atoms. The standard InChI is InChI=1S/C16H17N3OS/c1-3-20-10-15-18-13(9-14(17-2)19-15)12-6-4-5-11-7-8-21-16(11)12/h4-9H,3,10H2,1-2H3,(H,17,18,19). The van der Waals surface area contributed by atoms with Gasteiger partial charge in [-0.15, -0.1) is 11.3 Å². The lowest BCUT2D eigenvalue weighted by Gasteiger charge is -2.09. The van der Waals surface area contributed by atoms with Crippen molar-refractivity contribution >= 4 is 27.2 Å². The molecule has 3 aromatic rings. The van der Waals surface area contributed by atoms with E-state index < -0.39 is 0 Å². The van der Waals surface area contributed by atoms with Gasteiger partial charge in [-0.25, -0.2) is 9.97 Å². The van der Waals surface area contributed by atoms with E-state index in [9.17, 15) is 0 Å². The summed E-state index contributed by atoms with van der Waals surface area (Å²) in [6.45, 7) is 3.05. The fourth-order valence-corrected chi connectivity index (χ4v) is 3.14. The maximum Gasteiger partial charge on any atom is 0.157 e. The van der Waals surface area contributed by atoms with Crippen molar-refractivity contribution in [2.45, 2.75) is 13.5 Å². The van der Waals surface area contributed by atoms with E-state index >= 15 is 0 Å². The van der Waals surface area contributed by atoms with Gasteiger partial charge >= 0.3 is 0 Å². The summed E-state index contributed by atoms with van der Waals surface area (Å²) in [5.41, 5.74) is 2.07. The van der Waals surface area contributed by atoms with E-state index in [1.54, 1.807) is 11.3 Å². The highest BCUT2D eigenvalue weighted by molar-refractivity contribution is 7.17. The molecule has 3 rings (SSSR count). The monoisotopic (exact) mass is 299 g/mol. The van der Waals surface area contributed by atoms with Crippen molar-refractivity contribution in [1.29, 1.82) is 0 Å². The van der Waals surface area contributed by atoms with E-state index in [-0.39, 0.29) is 0 Å². The molecule has 0 fully saturated rings. The lowest BCUT2D eigenvalue weighted by atomic mass is 10.1. The average molecular weight is 299 g/mol. The van der Waals surface area contributed by atoms with Gasteiger partial charge in [0.15, 0.2) is 5.82 Å². The number of hydrogen-bond donors (Lipinski definition) is 1. The summed E-state index contributed by atoms with van der Waals surface area (Å²) in [5, 5.41) is 6.44. The Labute approximate surface area is 127 Å². The van der Waals surface area contributed by atoms with E-state index in [4.69, 9.17) is 4.74 Å². The second-order valence-corrected chi connectivity index (χ2v) is 5.50. The van der Waals surface area contributed by atoms with Gasteiger partial charge in [0.1, 0.15) is 12.4 Å². The molecule has 0 bridgehead atoms. The highest BCUT2D eigenvalue weighted by Gasteiger charge is 2.10. The average Bonchev–Trinajstić information content (AvgIpc) is 3.01. The molecular weight excluding hydrogens is 282 g/mol. The van der Waals surface area contributed by atoms with Crippen molar-refractivity contribution in [1.82, 2.24) is 9.97 Å². The minimum Gasteiger partial charge on any atom is -0.374 e. The zero-order valence-corrected chi connectivity index (χ0v) is 12.9. The van der Waals surface area contributed by atoms with Crippen molar-refractivity contribution in [3.05, 3.63) is 41.5 Å². The molecule has 108 valence electrons. The number of nitrogens with one attached hydrogen (secondary N) is 1. The first-order valence-corrected chi connectivity index (χ1v) is 7.80. The number of thiophene rings is 1. The second kappa shape index (κ2) is 6.20. The highest BCUT2D eigenvalue weighted by atomic mass is 32.1. The third kappa shape index (κ3) is 2.89. The summed E-state index contributed by atoms with van der Waals surface area (Å²) in [6.07, 6.45) is 0. The summed E-state index contributed by atoms with van der Waals surface area (Å²) in [4.78, 5) is 9.09. The van der Waals surface area contributed by atoms with Crippen LogP contribution in [-0.4, -0.2) is 23.6 Å². The Bertz CT molecular complexity index is 754. The first-order valence-electron chi connectivity index (χ1n) is 6.92. The first-order chi connectivity index (χ1) is 10.3. The number of nitrogens with zero attached hydrogens (tertiary/aromatic N) is 2. The molecule has 0 unspecified atom stereocenters. The van der Waals surface area contributed by atoms with Crippen molar-refractivity contribution in [3.8, 4) is 11.3 Å². The van der Waals surface area contributed by atoms with Crippen LogP contribution in [0.5, 0.6) is 0 Å². The van der Waals surface area contributed by atoms with Crippen LogP contribution in [-0.2, 0) is 11.3 Å². The van der Waals surface area contributed by atoms with Crippen LogP contribution >= 0.6 is 11.3 Å². The van der Waals surface area contributed by atoms with Crippen LogP contribution in [0, 0.1) is 0 Å². The van der Waals surface area contributed by atoms with Gasteiger partial charge in [-0.1, -0.05) is 18.2 Å². The SMILES string of the molecule is CCOCc1nc(NC)cc(-c2cccc3ccsc23)n1. The Balaban J connectivity index is 2.10. The minimum atomic E-state index is 0.430. The Kier molecular flexibility index (Phi) is 4.13. The molecule has 0 aliphatic rings. The molecule has 0 amide bonds. The van der Waals surface area contributed by atoms with E-state index in [1.807, 2.05) is 20.0 Å². The van der Waals surface area contributed by atoms with Gasteiger partial charge in [0.2, 0.25) is 0 Å². The topological polar surface area (TPSA) is 47.0 Å². The predicted octanol–water partition coefficient (Wildman–Crippen LogP) is 3.94. The van der Waals surface area contributed by atoms with Gasteiger partial charge in [-0.05, 0) is 23.8 Å². The first kappa shape index (κ1) is 14.0. The summed E-state index contributed by atoms with van der Waals surface area (Å²) in [7, 11) is 1.86. The number of anilines is 1. The number of rotatable bonds is 5. The van der Waals surface area contributed by atoms with Crippen LogP contribution in [0.3, 0.4) is 0 Å². The van der Waals surface area contributed by atoms with Crippen LogP contribution in [0.1, 0.15) is 12.7 Å². The van der Waals surface area contributed by atoms with Crippen LogP contribution in [0.15, 0.2) is 35.7 Å². The van der Waals surface area contributed by atoms with Crippen LogP contribution in [0.25, 0.3) is 21.3 Å². The number of aromatic nitrogens is 2. The van der Waals surface area contributed by atoms with Gasteiger partial charge in [0, 0.05) is 30.0 Å². The highest BCUT2D eigenvalue weighted by Crippen LogP contribution is 2.32. The third-order valence-electron chi connectivity index (χ3n) is 3.22. The van der Waals surface area contributed by atoms with Crippen LogP contribution in [0.2, 0.25) is 0 Å². The Morgan fingerprint density at radius 3 is 2.95 bits per heavy atom. The predicted molar refractivity (Wildman–Crippen MR) is 87.7 cm³/mol. The van der Waals surface area contributed by atoms with Gasteiger partial charge < -0.3 is 10.1 Å². The molecular formula is C16H17N3OS. The smallest absolute Gasteiger partial charge is 0.157 e. The zero-order chi connectivity index (χ0) is 14.7. The van der Waals surface area contributed by atoms with Crippen molar-refractivity contribution in [3.63, 3.8) is 0 Å². The lowest BCUT2D eigenvalue weighted by molar-refractivity contribution is 0.128. The lowest BCUT2D eigenvalue weighted by Crippen LogP contribution is -2.04. The Morgan fingerprint density at radius 1 is 1.24 bits per heavy atom. The second-order valence-electron chi connectivity index (χ2n) is 4.59. The van der Waals surface area contributed by atoms with Gasteiger partial charge in [0.25, 0.3) is 0 Å². The van der Waals surface area contributed by atoms with Gasteiger partial charge in [0.05, 0.1) is 5.69 Å². The number of ether oxygens (including phenoxy) is 1. The van der Waals surface area contributed by atoms with E-state index in [0.29, 0.717) is 19.0 Å². The number of fused-ring (bicyclic) bond motifs is 1. The van der Waals surface area contributed by atoms with E-state index in [2.05, 4.69) is 44.9 Å². The summed E-state index contributed by atoms with van der Waals surface area (Å²) in [5.74, 6) is 1.51. The molecule has 0 atom stereocenters. The maximum atomic E-state index is 5.43. The number of hydrogen-bond acceptors (Lipinski definition) is 5. The molecule has 4 nitrogen and oxygen atoms in total. The van der Waals surface area contributed by atoms with Gasteiger partial charge in [-0.2, -0.15) is 0 Å². The van der Waals surface area contributed by atoms with Crippen LogP contribution in [0.4, 0.5) is 5.82 Å². The molecule has 2 heterocycles. The normalized spacial score (nSPS) is 11.0. The molecule has 0 saturated carbocycles. The minimum absolute atomic E-state index is 0.430. The maximum absolute atomic E-state index is 5.43. The Hall–Kier alpha value is -1.98. The molecule has 0 saturated heterocycles. The number of benzene rings is 1. The fraction of sp³-hybridized carbons (Fsp3) is 0.250. The molecule has 1 N–H and O–H groups in total. The molecule has 0 aliphatic carbocycles. The summed E-state index contributed by atoms with van der Waals surface area (Å²) < 4.78 is 6.68. The van der Waals surface area contributed by atoms with E-state index in [0.717, 1.165) is 17.1 Å². The van der Waals surface area contributed by atoms with Crippen molar-refractivity contribution in [2.75, 3.05) is 19.0 Å². The van der Waals surface area contributed by atoms with Crippen molar-refractivity contribution < 1.29 is 4.74 Å². The summed E-state index contributed by atoms with van der Waals surface area (Å²) >= 11 is 1.73. The zero-order valence-electron chi connectivity index (χ0n) is 12.1. The summed E-state index contributed by atoms with van der Waals surface area (Å²) in [6, 6.07) is 10.4. The Morgan fingerprint density at radius 2 is 2.14 bits per heavy atom. The quantitative estimate of drug-likeness (QED) is 0.775. The van der Waals surface area contributed by atoms with Crippen LogP contribution < -0.4 is 5.32 Å². The molecule has 0 radical (unpaired) electrons. The van der Waals surface area contributed by atoms with Crippen molar-refractivity contribution in [2.24, 2.45) is 0 Å². The molecule has 1 aromatic carbocycles. The fourth-order valence-electron chi connectivity index (χ4n) is 2.22. The molecule has 5 heteroatoms. The molecule has 2 aromatic heterocycles. The van der Waals surface area contributed by atoms with Gasteiger partial charge in [-0.3, -0.25) is 0 Å².